The maximum Gasteiger partial charge on any atom is 0.274 e. The van der Waals surface area contributed by atoms with Gasteiger partial charge in [0.25, 0.3) is 5.91 Å². The summed E-state index contributed by atoms with van der Waals surface area (Å²) in [6.45, 7) is 5.97. The van der Waals surface area contributed by atoms with Gasteiger partial charge in [-0.25, -0.2) is 5.48 Å². The second-order valence-corrected chi connectivity index (χ2v) is 7.45. The van der Waals surface area contributed by atoms with Gasteiger partial charge in [0.05, 0.1) is 0 Å². The summed E-state index contributed by atoms with van der Waals surface area (Å²) in [4.78, 5) is 25.9. The molecule has 2 aliphatic rings. The van der Waals surface area contributed by atoms with E-state index in [-0.39, 0.29) is 11.3 Å². The fraction of sp³-hybridized carbons (Fsp3) is 0.556. The van der Waals surface area contributed by atoms with Gasteiger partial charge in [0.1, 0.15) is 0 Å². The highest BCUT2D eigenvalue weighted by Gasteiger charge is 2.44. The Morgan fingerprint density at radius 2 is 2.13 bits per heavy atom. The van der Waals surface area contributed by atoms with Crippen LogP contribution in [0.1, 0.15) is 48.2 Å². The number of carbonyl (C=O) groups is 2. The molecule has 5 nitrogen and oxygen atoms in total. The summed E-state index contributed by atoms with van der Waals surface area (Å²) in [6, 6.07) is 5.57. The van der Waals surface area contributed by atoms with Crippen molar-refractivity contribution < 1.29 is 14.8 Å². The van der Waals surface area contributed by atoms with Gasteiger partial charge in [0, 0.05) is 30.5 Å². The average molecular weight is 316 g/mol. The molecule has 2 N–H and O–H groups in total. The molecule has 1 heterocycles. The number of likely N-dealkylation sites (tertiary alicyclic amines) is 1. The van der Waals surface area contributed by atoms with Gasteiger partial charge in [-0.1, -0.05) is 19.9 Å². The largest absolute Gasteiger partial charge is 0.342 e. The summed E-state index contributed by atoms with van der Waals surface area (Å²) in [7, 11) is 0. The van der Waals surface area contributed by atoms with E-state index in [2.05, 4.69) is 13.8 Å². The molecule has 1 aliphatic heterocycles. The number of fused-ring (bicyclic) bond motifs is 1. The van der Waals surface area contributed by atoms with Crippen molar-refractivity contribution in [1.82, 2.24) is 10.4 Å². The summed E-state index contributed by atoms with van der Waals surface area (Å²) in [5, 5.41) is 8.75. The van der Waals surface area contributed by atoms with Crippen LogP contribution >= 0.6 is 0 Å². The molecule has 0 radical (unpaired) electrons. The zero-order chi connectivity index (χ0) is 16.6. The zero-order valence-corrected chi connectivity index (χ0v) is 13.8. The van der Waals surface area contributed by atoms with Crippen molar-refractivity contribution in [3.8, 4) is 0 Å². The first-order valence-corrected chi connectivity index (χ1v) is 8.26. The summed E-state index contributed by atoms with van der Waals surface area (Å²) >= 11 is 0. The van der Waals surface area contributed by atoms with Crippen molar-refractivity contribution in [2.75, 3.05) is 13.1 Å². The molecular formula is C18H24N2O3. The van der Waals surface area contributed by atoms with Crippen LogP contribution in [0.25, 0.3) is 0 Å². The van der Waals surface area contributed by atoms with Crippen LogP contribution in [-0.4, -0.2) is 35.0 Å². The van der Waals surface area contributed by atoms with E-state index >= 15 is 0 Å². The first-order valence-electron chi connectivity index (χ1n) is 8.26. The summed E-state index contributed by atoms with van der Waals surface area (Å²) in [5.41, 5.74) is 4.59. The van der Waals surface area contributed by atoms with Gasteiger partial charge in [-0.3, -0.25) is 14.8 Å². The maximum absolute atomic E-state index is 12.3. The standard InChI is InChI=1S/C18H24N2O3/c1-12(2)10-20-11-18(9-16(20)21)6-5-13-7-14(17(22)19-23)3-4-15(13)8-18/h3-4,7,12,23H,5-6,8-11H2,1-2H3,(H,19,22)/t18-/m0/s1. The molecule has 0 saturated carbocycles. The van der Waals surface area contributed by atoms with Crippen molar-refractivity contribution >= 4 is 11.8 Å². The molecule has 1 aromatic carbocycles. The zero-order valence-electron chi connectivity index (χ0n) is 13.8. The van der Waals surface area contributed by atoms with E-state index in [1.54, 1.807) is 11.5 Å². The topological polar surface area (TPSA) is 69.6 Å². The van der Waals surface area contributed by atoms with E-state index < -0.39 is 5.91 Å². The van der Waals surface area contributed by atoms with Crippen molar-refractivity contribution in [1.29, 1.82) is 0 Å². The maximum atomic E-state index is 12.3. The lowest BCUT2D eigenvalue weighted by Gasteiger charge is -2.34. The fourth-order valence-electron chi connectivity index (χ4n) is 4.00. The monoisotopic (exact) mass is 316 g/mol. The van der Waals surface area contributed by atoms with Crippen LogP contribution in [0.4, 0.5) is 0 Å². The van der Waals surface area contributed by atoms with Crippen LogP contribution in [0.2, 0.25) is 0 Å². The number of amides is 2. The van der Waals surface area contributed by atoms with Crippen molar-refractivity contribution in [3.05, 3.63) is 34.9 Å². The number of rotatable bonds is 3. The highest BCUT2D eigenvalue weighted by atomic mass is 16.5. The van der Waals surface area contributed by atoms with E-state index in [0.29, 0.717) is 17.9 Å². The molecule has 1 fully saturated rings. The Morgan fingerprint density at radius 3 is 2.83 bits per heavy atom. The number of benzene rings is 1. The molecule has 2 amide bonds. The molecule has 0 bridgehead atoms. The molecule has 3 rings (SSSR count). The van der Waals surface area contributed by atoms with Crippen LogP contribution in [0, 0.1) is 11.3 Å². The molecule has 1 spiro atoms. The highest BCUT2D eigenvalue weighted by molar-refractivity contribution is 5.93. The molecule has 1 aromatic rings. The van der Waals surface area contributed by atoms with Gasteiger partial charge < -0.3 is 4.90 Å². The van der Waals surface area contributed by atoms with Crippen LogP contribution in [0.15, 0.2) is 18.2 Å². The SMILES string of the molecule is CC(C)CN1C[C@]2(CCc3cc(C(=O)NO)ccc3C2)CC1=O. The van der Waals surface area contributed by atoms with E-state index in [4.69, 9.17) is 5.21 Å². The van der Waals surface area contributed by atoms with Gasteiger partial charge in [0.15, 0.2) is 0 Å². The second kappa shape index (κ2) is 5.96. The van der Waals surface area contributed by atoms with Crippen LogP contribution in [0.5, 0.6) is 0 Å². The Labute approximate surface area is 136 Å². The first-order chi connectivity index (χ1) is 10.9. The lowest BCUT2D eigenvalue weighted by molar-refractivity contribution is -0.128. The lowest BCUT2D eigenvalue weighted by Crippen LogP contribution is -2.34. The molecule has 1 saturated heterocycles. The van der Waals surface area contributed by atoms with Crippen molar-refractivity contribution in [2.45, 2.75) is 39.5 Å². The van der Waals surface area contributed by atoms with E-state index in [1.165, 1.54) is 5.56 Å². The third-order valence-electron chi connectivity index (χ3n) is 5.05. The summed E-state index contributed by atoms with van der Waals surface area (Å²) in [5.74, 6) is 0.287. The molecule has 5 heteroatoms. The van der Waals surface area contributed by atoms with Crippen LogP contribution in [0.3, 0.4) is 0 Å². The predicted molar refractivity (Wildman–Crippen MR) is 86.2 cm³/mol. The van der Waals surface area contributed by atoms with Gasteiger partial charge >= 0.3 is 0 Å². The molecule has 23 heavy (non-hydrogen) atoms. The molecule has 124 valence electrons. The lowest BCUT2D eigenvalue weighted by atomic mass is 9.70. The van der Waals surface area contributed by atoms with Gasteiger partial charge in [-0.15, -0.1) is 0 Å². The minimum atomic E-state index is -0.479. The number of aryl methyl sites for hydroxylation is 1. The number of carbonyl (C=O) groups excluding carboxylic acids is 2. The minimum absolute atomic E-state index is 0.0553. The summed E-state index contributed by atoms with van der Waals surface area (Å²) in [6.07, 6.45) is 3.39. The van der Waals surface area contributed by atoms with Gasteiger partial charge in [-0.2, -0.15) is 0 Å². The smallest absolute Gasteiger partial charge is 0.274 e. The highest BCUT2D eigenvalue weighted by Crippen LogP contribution is 2.43. The van der Waals surface area contributed by atoms with Crippen molar-refractivity contribution in [3.63, 3.8) is 0 Å². The molecule has 1 atom stereocenters. The van der Waals surface area contributed by atoms with Crippen LogP contribution < -0.4 is 5.48 Å². The number of hydrogen-bond acceptors (Lipinski definition) is 3. The van der Waals surface area contributed by atoms with E-state index in [0.717, 1.165) is 37.9 Å². The third-order valence-corrected chi connectivity index (χ3v) is 5.05. The van der Waals surface area contributed by atoms with Crippen molar-refractivity contribution in [2.24, 2.45) is 11.3 Å². The number of nitrogens with one attached hydrogen (secondary N) is 1. The Hall–Kier alpha value is -1.88. The van der Waals surface area contributed by atoms with Gasteiger partial charge in [-0.05, 0) is 48.4 Å². The average Bonchev–Trinajstić information content (AvgIpc) is 2.80. The molecule has 0 aromatic heterocycles. The Bertz CT molecular complexity index is 641. The second-order valence-electron chi connectivity index (χ2n) is 7.45. The molecule has 0 unspecified atom stereocenters. The van der Waals surface area contributed by atoms with E-state index in [1.807, 2.05) is 17.0 Å². The quantitative estimate of drug-likeness (QED) is 0.663. The van der Waals surface area contributed by atoms with E-state index in [9.17, 15) is 9.59 Å². The Kier molecular flexibility index (Phi) is 4.15. The molecule has 1 aliphatic carbocycles. The minimum Gasteiger partial charge on any atom is -0.342 e. The Morgan fingerprint density at radius 1 is 1.35 bits per heavy atom. The molecular weight excluding hydrogens is 292 g/mol. The summed E-state index contributed by atoms with van der Waals surface area (Å²) < 4.78 is 0. The number of hydroxylamine groups is 1. The normalized spacial score (nSPS) is 23.5. The number of hydrogen-bond donors (Lipinski definition) is 2. The Balaban J connectivity index is 1.78. The first kappa shape index (κ1) is 16.0. The predicted octanol–water partition coefficient (Wildman–Crippen LogP) is 2.17. The third kappa shape index (κ3) is 3.11. The number of nitrogens with zero attached hydrogens (tertiary/aromatic N) is 1. The fourth-order valence-corrected chi connectivity index (χ4v) is 4.00. The van der Waals surface area contributed by atoms with Crippen LogP contribution in [-0.2, 0) is 17.6 Å². The van der Waals surface area contributed by atoms with Gasteiger partial charge in [0.2, 0.25) is 5.91 Å².